The molecule has 0 atom stereocenters. The van der Waals surface area contributed by atoms with E-state index in [2.05, 4.69) is 20.7 Å². The van der Waals surface area contributed by atoms with Gasteiger partial charge in [-0.25, -0.2) is 4.98 Å². The van der Waals surface area contributed by atoms with Crippen LogP contribution in [0.15, 0.2) is 10.4 Å². The topological polar surface area (TPSA) is 63.3 Å². The molecule has 2 rings (SSSR count). The third-order valence-corrected chi connectivity index (χ3v) is 4.26. The van der Waals surface area contributed by atoms with Crippen molar-refractivity contribution in [1.82, 2.24) is 10.3 Å². The Bertz CT molecular complexity index is 393. The molecule has 100 valence electrons. The number of aryl methyl sites for hydroxylation is 1. The zero-order valence-electron chi connectivity index (χ0n) is 11.0. The molecule has 0 saturated heterocycles. The molecule has 0 amide bonds. The van der Waals surface area contributed by atoms with Crippen molar-refractivity contribution < 1.29 is 0 Å². The quantitative estimate of drug-likeness (QED) is 0.649. The molecule has 18 heavy (non-hydrogen) atoms. The molecule has 0 aliphatic heterocycles. The van der Waals surface area contributed by atoms with E-state index < -0.39 is 0 Å². The molecule has 1 heterocycles. The van der Waals surface area contributed by atoms with Crippen molar-refractivity contribution in [3.05, 3.63) is 16.1 Å². The molecule has 4 nitrogen and oxygen atoms in total. The van der Waals surface area contributed by atoms with Crippen LogP contribution in [0.2, 0.25) is 0 Å². The molecular weight excluding hydrogens is 244 g/mol. The molecule has 1 saturated carbocycles. The van der Waals surface area contributed by atoms with Crippen LogP contribution in [0.5, 0.6) is 0 Å². The summed E-state index contributed by atoms with van der Waals surface area (Å²) >= 11 is 1.70. The standard InChI is InChI=1S/C13H22N4S/c1-10-9-18-12(16-10)7-8-15-13(14)17-11-5-3-2-4-6-11/h9,11H,2-8H2,1H3,(H3,14,15,17). The Kier molecular flexibility index (Phi) is 4.99. The Hall–Kier alpha value is -1.10. The molecule has 0 aromatic carbocycles. The fourth-order valence-electron chi connectivity index (χ4n) is 2.29. The van der Waals surface area contributed by atoms with Gasteiger partial charge in [0.05, 0.1) is 5.01 Å². The second-order valence-electron chi connectivity index (χ2n) is 4.88. The van der Waals surface area contributed by atoms with Crippen molar-refractivity contribution in [1.29, 1.82) is 0 Å². The summed E-state index contributed by atoms with van der Waals surface area (Å²) in [7, 11) is 0. The van der Waals surface area contributed by atoms with Gasteiger partial charge in [-0.15, -0.1) is 11.3 Å². The maximum atomic E-state index is 5.90. The van der Waals surface area contributed by atoms with Crippen molar-refractivity contribution in [2.45, 2.75) is 51.5 Å². The van der Waals surface area contributed by atoms with Crippen molar-refractivity contribution >= 4 is 17.3 Å². The minimum Gasteiger partial charge on any atom is -0.370 e. The lowest BCUT2D eigenvalue weighted by molar-refractivity contribution is 0.412. The van der Waals surface area contributed by atoms with Gasteiger partial charge in [0.2, 0.25) is 0 Å². The molecule has 1 aromatic rings. The average Bonchev–Trinajstić information content (AvgIpc) is 2.76. The Morgan fingerprint density at radius 3 is 2.94 bits per heavy atom. The number of rotatable bonds is 4. The maximum absolute atomic E-state index is 5.90. The first-order valence-corrected chi connectivity index (χ1v) is 7.59. The van der Waals surface area contributed by atoms with E-state index in [0.717, 1.165) is 23.7 Å². The summed E-state index contributed by atoms with van der Waals surface area (Å²) < 4.78 is 0. The highest BCUT2D eigenvalue weighted by Gasteiger charge is 2.13. The number of nitrogens with zero attached hydrogens (tertiary/aromatic N) is 2. The highest BCUT2D eigenvalue weighted by atomic mass is 32.1. The molecule has 1 aromatic heterocycles. The van der Waals surface area contributed by atoms with Crippen LogP contribution < -0.4 is 11.1 Å². The number of hydrogen-bond donors (Lipinski definition) is 2. The predicted octanol–water partition coefficient (Wildman–Crippen LogP) is 2.23. The second-order valence-corrected chi connectivity index (χ2v) is 5.82. The van der Waals surface area contributed by atoms with Gasteiger partial charge in [-0.1, -0.05) is 19.3 Å². The first-order valence-electron chi connectivity index (χ1n) is 6.71. The third kappa shape index (κ3) is 4.29. The van der Waals surface area contributed by atoms with E-state index >= 15 is 0 Å². The highest BCUT2D eigenvalue weighted by Crippen LogP contribution is 2.17. The molecule has 1 fully saturated rings. The molecule has 0 spiro atoms. The molecule has 0 bridgehead atoms. The van der Waals surface area contributed by atoms with Crippen LogP contribution in [0, 0.1) is 6.92 Å². The van der Waals surface area contributed by atoms with E-state index in [0.29, 0.717) is 12.0 Å². The molecular formula is C13H22N4S. The van der Waals surface area contributed by atoms with E-state index in [4.69, 9.17) is 5.73 Å². The maximum Gasteiger partial charge on any atom is 0.188 e. The van der Waals surface area contributed by atoms with Gasteiger partial charge < -0.3 is 11.1 Å². The Balaban J connectivity index is 1.71. The number of aliphatic imine (C=N–C) groups is 1. The summed E-state index contributed by atoms with van der Waals surface area (Å²) in [5.74, 6) is 0.593. The monoisotopic (exact) mass is 266 g/mol. The largest absolute Gasteiger partial charge is 0.370 e. The zero-order chi connectivity index (χ0) is 12.8. The molecule has 0 radical (unpaired) electrons. The van der Waals surface area contributed by atoms with Gasteiger partial charge >= 0.3 is 0 Å². The first-order chi connectivity index (χ1) is 8.74. The Morgan fingerprint density at radius 1 is 1.50 bits per heavy atom. The normalized spacial score (nSPS) is 17.9. The van der Waals surface area contributed by atoms with Crippen molar-refractivity contribution in [3.63, 3.8) is 0 Å². The van der Waals surface area contributed by atoms with Crippen LogP contribution in [0.4, 0.5) is 0 Å². The third-order valence-electron chi connectivity index (χ3n) is 3.23. The lowest BCUT2D eigenvalue weighted by Gasteiger charge is -2.23. The fraction of sp³-hybridized carbons (Fsp3) is 0.692. The van der Waals surface area contributed by atoms with Crippen LogP contribution >= 0.6 is 11.3 Å². The van der Waals surface area contributed by atoms with E-state index in [-0.39, 0.29) is 0 Å². The highest BCUT2D eigenvalue weighted by molar-refractivity contribution is 7.09. The lowest BCUT2D eigenvalue weighted by atomic mass is 9.96. The molecule has 0 unspecified atom stereocenters. The number of aromatic nitrogens is 1. The van der Waals surface area contributed by atoms with Gasteiger partial charge in [0.25, 0.3) is 0 Å². The lowest BCUT2D eigenvalue weighted by Crippen LogP contribution is -2.41. The molecule has 5 heteroatoms. The molecule has 1 aliphatic rings. The average molecular weight is 266 g/mol. The van der Waals surface area contributed by atoms with E-state index in [1.54, 1.807) is 11.3 Å². The smallest absolute Gasteiger partial charge is 0.188 e. The summed E-state index contributed by atoms with van der Waals surface area (Å²) in [4.78, 5) is 8.78. The van der Waals surface area contributed by atoms with Gasteiger partial charge in [0.15, 0.2) is 5.96 Å². The number of hydrogen-bond acceptors (Lipinski definition) is 3. The minimum absolute atomic E-state index is 0.532. The number of guanidine groups is 1. The SMILES string of the molecule is Cc1csc(CCN=C(N)NC2CCCCC2)n1. The predicted molar refractivity (Wildman–Crippen MR) is 77.1 cm³/mol. The van der Waals surface area contributed by atoms with E-state index in [1.807, 2.05) is 6.92 Å². The summed E-state index contributed by atoms with van der Waals surface area (Å²) in [6, 6.07) is 0.532. The van der Waals surface area contributed by atoms with E-state index in [1.165, 1.54) is 32.1 Å². The number of nitrogens with one attached hydrogen (secondary N) is 1. The van der Waals surface area contributed by atoms with Gasteiger partial charge in [-0.2, -0.15) is 0 Å². The van der Waals surface area contributed by atoms with E-state index in [9.17, 15) is 0 Å². The number of nitrogens with two attached hydrogens (primary N) is 1. The van der Waals surface area contributed by atoms with Crippen LogP contribution in [0.25, 0.3) is 0 Å². The summed E-state index contributed by atoms with van der Waals surface area (Å²) in [5, 5.41) is 6.53. The van der Waals surface area contributed by atoms with Crippen molar-refractivity contribution in [2.75, 3.05) is 6.54 Å². The van der Waals surface area contributed by atoms with Crippen LogP contribution in [0.3, 0.4) is 0 Å². The number of thiazole rings is 1. The van der Waals surface area contributed by atoms with Crippen molar-refractivity contribution in [3.8, 4) is 0 Å². The molecule has 3 N–H and O–H groups in total. The first kappa shape index (κ1) is 13.3. The van der Waals surface area contributed by atoms with Gasteiger partial charge in [-0.3, -0.25) is 4.99 Å². The summed E-state index contributed by atoms with van der Waals surface area (Å²) in [6.45, 7) is 2.74. The van der Waals surface area contributed by atoms with Crippen LogP contribution in [-0.2, 0) is 6.42 Å². The Labute approximate surface area is 113 Å². The van der Waals surface area contributed by atoms with Gasteiger partial charge in [0, 0.05) is 30.1 Å². The van der Waals surface area contributed by atoms with Crippen molar-refractivity contribution in [2.24, 2.45) is 10.7 Å². The second kappa shape index (κ2) is 6.73. The van der Waals surface area contributed by atoms with Crippen LogP contribution in [0.1, 0.15) is 42.8 Å². The summed E-state index contributed by atoms with van der Waals surface area (Å²) in [5.41, 5.74) is 6.99. The fourth-order valence-corrected chi connectivity index (χ4v) is 3.06. The summed E-state index contributed by atoms with van der Waals surface area (Å²) in [6.07, 6.45) is 7.31. The van der Waals surface area contributed by atoms with Gasteiger partial charge in [0.1, 0.15) is 0 Å². The van der Waals surface area contributed by atoms with Crippen LogP contribution in [-0.4, -0.2) is 23.5 Å². The Morgan fingerprint density at radius 2 is 2.28 bits per heavy atom. The zero-order valence-corrected chi connectivity index (χ0v) is 11.8. The molecule has 1 aliphatic carbocycles. The van der Waals surface area contributed by atoms with Gasteiger partial charge in [-0.05, 0) is 19.8 Å². The minimum atomic E-state index is 0.532.